The van der Waals surface area contributed by atoms with Crippen LogP contribution in [0.3, 0.4) is 0 Å². The van der Waals surface area contributed by atoms with Gasteiger partial charge in [0.2, 0.25) is 0 Å². The van der Waals surface area contributed by atoms with Crippen molar-refractivity contribution < 1.29 is 0 Å². The maximum Gasteiger partial charge on any atom is 0.0894 e. The monoisotopic (exact) mass is 673 g/mol. The number of hydrogen-bond donors (Lipinski definition) is 0. The maximum atomic E-state index is 5.41. The second kappa shape index (κ2) is 10.8. The van der Waals surface area contributed by atoms with E-state index < -0.39 is 0 Å². The molecule has 246 valence electrons. The van der Waals surface area contributed by atoms with Crippen LogP contribution in [-0.2, 0) is 6.42 Å². The normalized spacial score (nSPS) is 14.2. The number of benzene rings is 7. The minimum Gasteiger partial charge on any atom is -0.309 e. The van der Waals surface area contributed by atoms with Crippen molar-refractivity contribution in [3.05, 3.63) is 187 Å². The summed E-state index contributed by atoms with van der Waals surface area (Å²) in [5.74, 6) is 0.0518. The van der Waals surface area contributed by atoms with E-state index in [9.17, 15) is 0 Å². The molecule has 1 unspecified atom stereocenters. The molecule has 7 aromatic carbocycles. The van der Waals surface area contributed by atoms with Crippen LogP contribution in [0.15, 0.2) is 170 Å². The topological polar surface area (TPSA) is 30.7 Å². The summed E-state index contributed by atoms with van der Waals surface area (Å²) in [6, 6.07) is 61.9. The standard InChI is InChI=1S/C50H31N3/c1-3-12-30(13-4-1)40-24-26-43-42(51-40)27-25-41(52-43)38-28-32-23-22-31-14-11-20-35-34-17-7-8-18-36(34)49-48-37-19-9-10-21-44(37)53(33-15-5-2-6-16-33)45(48)29-39(38)50(49)47(32)46(31)35/h1-27,29,38H,28H2. The highest BCUT2D eigenvalue weighted by Crippen LogP contribution is 2.58. The molecule has 3 nitrogen and oxygen atoms in total. The van der Waals surface area contributed by atoms with E-state index in [-0.39, 0.29) is 5.92 Å². The summed E-state index contributed by atoms with van der Waals surface area (Å²) in [4.78, 5) is 10.5. The fourth-order valence-electron chi connectivity index (χ4n) is 9.44. The Morgan fingerprint density at radius 3 is 2.11 bits per heavy atom. The van der Waals surface area contributed by atoms with Gasteiger partial charge in [-0.15, -0.1) is 0 Å². The molecule has 3 heterocycles. The zero-order chi connectivity index (χ0) is 34.6. The molecule has 0 spiro atoms. The van der Waals surface area contributed by atoms with Crippen LogP contribution in [0.5, 0.6) is 0 Å². The van der Waals surface area contributed by atoms with Gasteiger partial charge in [0.05, 0.1) is 27.8 Å². The largest absolute Gasteiger partial charge is 0.309 e. The van der Waals surface area contributed by atoms with Gasteiger partial charge in [-0.1, -0.05) is 121 Å². The summed E-state index contributed by atoms with van der Waals surface area (Å²) in [6.07, 6.45) is 0.869. The average Bonchev–Trinajstić information content (AvgIpc) is 3.49. The van der Waals surface area contributed by atoms with Crippen molar-refractivity contribution in [2.45, 2.75) is 12.3 Å². The molecule has 0 amide bonds. The summed E-state index contributed by atoms with van der Waals surface area (Å²) in [5, 5.41) is 5.21. The number of pyridine rings is 2. The summed E-state index contributed by atoms with van der Waals surface area (Å²) in [7, 11) is 0. The Labute approximate surface area is 306 Å². The number of fused-ring (bicyclic) bond motifs is 8. The number of aromatic nitrogens is 3. The number of para-hydroxylation sites is 2. The molecule has 0 saturated carbocycles. The third-order valence-electron chi connectivity index (χ3n) is 11.7. The Morgan fingerprint density at radius 1 is 0.491 bits per heavy atom. The molecule has 1 atom stereocenters. The number of rotatable bonds is 3. The highest BCUT2D eigenvalue weighted by atomic mass is 15.0. The van der Waals surface area contributed by atoms with Crippen LogP contribution in [0.1, 0.15) is 22.7 Å². The van der Waals surface area contributed by atoms with Gasteiger partial charge in [-0.3, -0.25) is 4.98 Å². The lowest BCUT2D eigenvalue weighted by atomic mass is 9.73. The zero-order valence-corrected chi connectivity index (χ0v) is 28.8. The van der Waals surface area contributed by atoms with Crippen molar-refractivity contribution >= 4 is 43.6 Å². The first-order valence-electron chi connectivity index (χ1n) is 18.4. The fourth-order valence-corrected chi connectivity index (χ4v) is 9.44. The average molecular weight is 674 g/mol. The second-order valence-electron chi connectivity index (χ2n) is 14.4. The van der Waals surface area contributed by atoms with Crippen LogP contribution in [0, 0.1) is 0 Å². The van der Waals surface area contributed by atoms with Gasteiger partial charge < -0.3 is 4.57 Å². The molecule has 0 fully saturated rings. The summed E-state index contributed by atoms with van der Waals surface area (Å²) in [6.45, 7) is 0. The molecule has 3 heteroatoms. The Kier molecular flexibility index (Phi) is 5.89. The predicted octanol–water partition coefficient (Wildman–Crippen LogP) is 12.5. The van der Waals surface area contributed by atoms with Gasteiger partial charge in [0.15, 0.2) is 0 Å². The SMILES string of the molecule is c1ccc(-c2ccc3nc(C4Cc5ccc6cccc7c6c5-c5c4cc4c(c5-c5ccccc5-7)c5ccccc5n4-c4ccccc4)ccc3n2)cc1. The number of nitrogens with zero attached hydrogens (tertiary/aromatic N) is 3. The van der Waals surface area contributed by atoms with Crippen molar-refractivity contribution in [1.82, 2.24) is 14.5 Å². The molecule has 10 aromatic rings. The maximum absolute atomic E-state index is 5.41. The highest BCUT2D eigenvalue weighted by molar-refractivity contribution is 6.25. The van der Waals surface area contributed by atoms with Crippen LogP contribution in [0.2, 0.25) is 0 Å². The third-order valence-corrected chi connectivity index (χ3v) is 11.7. The zero-order valence-electron chi connectivity index (χ0n) is 28.8. The van der Waals surface area contributed by atoms with E-state index in [0.29, 0.717) is 0 Å². The first kappa shape index (κ1) is 28.8. The lowest BCUT2D eigenvalue weighted by Gasteiger charge is -2.31. The number of hydrogen-bond acceptors (Lipinski definition) is 2. The molecule has 0 bridgehead atoms. The predicted molar refractivity (Wildman–Crippen MR) is 219 cm³/mol. The van der Waals surface area contributed by atoms with Crippen molar-refractivity contribution in [2.75, 3.05) is 0 Å². The Morgan fingerprint density at radius 2 is 1.23 bits per heavy atom. The quantitative estimate of drug-likeness (QED) is 0.187. The smallest absolute Gasteiger partial charge is 0.0894 e. The van der Waals surface area contributed by atoms with E-state index in [0.717, 1.165) is 40.1 Å². The fraction of sp³-hybridized carbons (Fsp3) is 0.0400. The van der Waals surface area contributed by atoms with Crippen LogP contribution in [0.4, 0.5) is 0 Å². The van der Waals surface area contributed by atoms with Gasteiger partial charge in [0.25, 0.3) is 0 Å². The molecular weight excluding hydrogens is 643 g/mol. The molecule has 3 aromatic heterocycles. The summed E-state index contributed by atoms with van der Waals surface area (Å²) >= 11 is 0. The Bertz CT molecular complexity index is 3140. The molecule has 12 rings (SSSR count). The molecule has 2 aliphatic rings. The van der Waals surface area contributed by atoms with E-state index in [1.807, 2.05) is 6.07 Å². The minimum atomic E-state index is 0.0518. The lowest BCUT2D eigenvalue weighted by molar-refractivity contribution is 0.771. The second-order valence-corrected chi connectivity index (χ2v) is 14.4. The summed E-state index contributed by atoms with van der Waals surface area (Å²) in [5.41, 5.74) is 19.2. The van der Waals surface area contributed by atoms with Gasteiger partial charge in [-0.25, -0.2) is 4.98 Å². The van der Waals surface area contributed by atoms with Gasteiger partial charge in [0, 0.05) is 39.2 Å². The highest BCUT2D eigenvalue weighted by Gasteiger charge is 2.36. The van der Waals surface area contributed by atoms with Crippen molar-refractivity contribution in [3.63, 3.8) is 0 Å². The molecule has 0 N–H and O–H groups in total. The van der Waals surface area contributed by atoms with Crippen molar-refractivity contribution in [3.8, 4) is 50.3 Å². The van der Waals surface area contributed by atoms with Gasteiger partial charge >= 0.3 is 0 Å². The molecule has 2 aliphatic carbocycles. The minimum absolute atomic E-state index is 0.0518. The van der Waals surface area contributed by atoms with Gasteiger partial charge in [0.1, 0.15) is 0 Å². The van der Waals surface area contributed by atoms with E-state index in [1.165, 1.54) is 77.1 Å². The summed E-state index contributed by atoms with van der Waals surface area (Å²) < 4.78 is 2.47. The van der Waals surface area contributed by atoms with E-state index >= 15 is 0 Å². The Balaban J connectivity index is 1.21. The third kappa shape index (κ3) is 4.05. The molecule has 0 aliphatic heterocycles. The van der Waals surface area contributed by atoms with Crippen LogP contribution >= 0.6 is 0 Å². The molecule has 53 heavy (non-hydrogen) atoms. The van der Waals surface area contributed by atoms with Crippen LogP contribution in [-0.4, -0.2) is 14.5 Å². The van der Waals surface area contributed by atoms with Crippen molar-refractivity contribution in [2.24, 2.45) is 0 Å². The van der Waals surface area contributed by atoms with E-state index in [2.05, 4.69) is 168 Å². The Hall–Kier alpha value is -6.84. The first-order chi connectivity index (χ1) is 26.3. The first-order valence-corrected chi connectivity index (χ1v) is 18.4. The van der Waals surface area contributed by atoms with Crippen LogP contribution < -0.4 is 0 Å². The van der Waals surface area contributed by atoms with Gasteiger partial charge in [-0.05, 0) is 105 Å². The van der Waals surface area contributed by atoms with E-state index in [4.69, 9.17) is 9.97 Å². The lowest BCUT2D eigenvalue weighted by Crippen LogP contribution is -2.15. The van der Waals surface area contributed by atoms with Crippen molar-refractivity contribution in [1.29, 1.82) is 0 Å². The van der Waals surface area contributed by atoms with Gasteiger partial charge in [-0.2, -0.15) is 0 Å². The molecule has 0 saturated heterocycles. The van der Waals surface area contributed by atoms with Crippen LogP contribution in [0.25, 0.3) is 93.9 Å². The molecular formula is C50H31N3. The molecule has 0 radical (unpaired) electrons. The van der Waals surface area contributed by atoms with E-state index in [1.54, 1.807) is 0 Å².